The van der Waals surface area contributed by atoms with Crippen molar-refractivity contribution in [2.45, 2.75) is 11.1 Å². The fourth-order valence-electron chi connectivity index (χ4n) is 1.54. The van der Waals surface area contributed by atoms with E-state index in [-0.39, 0.29) is 15.5 Å². The van der Waals surface area contributed by atoms with Crippen molar-refractivity contribution in [2.75, 3.05) is 4.72 Å². The molecule has 21 heavy (non-hydrogen) atoms. The molecule has 112 valence electrons. The van der Waals surface area contributed by atoms with Gasteiger partial charge in [-0.25, -0.2) is 13.2 Å². The Labute approximate surface area is 142 Å². The number of rotatable bonds is 4. The zero-order valence-electron chi connectivity index (χ0n) is 10.6. The maximum atomic E-state index is 12.3. The molecule has 0 unspecified atom stereocenters. The molecule has 0 saturated heterocycles. The highest BCUT2D eigenvalue weighted by atomic mass is 79.9. The maximum absolute atomic E-state index is 12.3. The van der Waals surface area contributed by atoms with Gasteiger partial charge in [0, 0.05) is 4.47 Å². The van der Waals surface area contributed by atoms with Crippen molar-refractivity contribution in [1.29, 1.82) is 0 Å². The summed E-state index contributed by atoms with van der Waals surface area (Å²) >= 11 is 7.53. The van der Waals surface area contributed by atoms with Gasteiger partial charge in [-0.2, -0.15) is 0 Å². The van der Waals surface area contributed by atoms with Gasteiger partial charge >= 0.3 is 5.97 Å². The minimum Gasteiger partial charge on any atom is -0.478 e. The highest BCUT2D eigenvalue weighted by molar-refractivity contribution is 9.11. The second kappa shape index (κ2) is 6.07. The van der Waals surface area contributed by atoms with E-state index in [4.69, 9.17) is 5.11 Å². The molecule has 0 aliphatic carbocycles. The zero-order valence-corrected chi connectivity index (χ0v) is 15.4. The van der Waals surface area contributed by atoms with Gasteiger partial charge in [0.05, 0.1) is 15.0 Å². The summed E-state index contributed by atoms with van der Waals surface area (Å²) in [4.78, 5) is 11.0. The van der Waals surface area contributed by atoms with Gasteiger partial charge in [-0.15, -0.1) is 11.3 Å². The summed E-state index contributed by atoms with van der Waals surface area (Å²) in [5.74, 6) is -1.13. The Kier molecular flexibility index (Phi) is 4.76. The van der Waals surface area contributed by atoms with Crippen LogP contribution in [0.5, 0.6) is 0 Å². The van der Waals surface area contributed by atoms with E-state index in [1.807, 2.05) is 0 Å². The minimum atomic E-state index is -3.75. The molecule has 1 heterocycles. The SMILES string of the molecule is Cc1cc(S(=O)(=O)Nc2cc(Br)cc(C(=O)O)c2)sc1Br. The molecule has 1 aromatic heterocycles. The first kappa shape index (κ1) is 16.5. The second-order valence-electron chi connectivity index (χ2n) is 4.16. The molecule has 2 aromatic rings. The number of carboxylic acids is 1. The predicted octanol–water partition coefficient (Wildman–Crippen LogP) is 4.08. The lowest BCUT2D eigenvalue weighted by Gasteiger charge is -2.08. The lowest BCUT2D eigenvalue weighted by Crippen LogP contribution is -2.12. The molecule has 0 spiro atoms. The molecule has 0 saturated carbocycles. The van der Waals surface area contributed by atoms with Crippen LogP contribution in [-0.2, 0) is 10.0 Å². The molecule has 2 rings (SSSR count). The van der Waals surface area contributed by atoms with Crippen LogP contribution in [0.1, 0.15) is 15.9 Å². The average molecular weight is 455 g/mol. The van der Waals surface area contributed by atoms with Crippen LogP contribution in [0.15, 0.2) is 36.7 Å². The standard InChI is InChI=1S/C12H9Br2NO4S2/c1-6-2-10(20-11(6)14)21(18,19)15-9-4-7(12(16)17)3-8(13)5-9/h2-5,15H,1H3,(H,16,17). The second-order valence-corrected chi connectivity index (χ2v) is 9.36. The van der Waals surface area contributed by atoms with Crippen LogP contribution in [0.2, 0.25) is 0 Å². The van der Waals surface area contributed by atoms with Gasteiger partial charge < -0.3 is 5.11 Å². The fourth-order valence-corrected chi connectivity index (χ4v) is 5.30. The van der Waals surface area contributed by atoms with Crippen LogP contribution in [0.4, 0.5) is 5.69 Å². The molecule has 0 atom stereocenters. The van der Waals surface area contributed by atoms with Crippen molar-refractivity contribution < 1.29 is 18.3 Å². The molecule has 0 amide bonds. The number of halogens is 2. The summed E-state index contributed by atoms with van der Waals surface area (Å²) in [5, 5.41) is 8.99. The Hall–Kier alpha value is -0.900. The molecule has 0 aliphatic rings. The van der Waals surface area contributed by atoms with Gasteiger partial charge in [-0.05, 0) is 52.7 Å². The Bertz CT molecular complexity index is 795. The van der Waals surface area contributed by atoms with Crippen LogP contribution < -0.4 is 4.72 Å². The first-order valence-corrected chi connectivity index (χ1v) is 9.40. The topological polar surface area (TPSA) is 83.5 Å². The third-order valence-corrected chi connectivity index (χ3v) is 6.95. The normalized spacial score (nSPS) is 11.4. The molecule has 0 radical (unpaired) electrons. The summed E-state index contributed by atoms with van der Waals surface area (Å²) in [7, 11) is -3.75. The van der Waals surface area contributed by atoms with Crippen molar-refractivity contribution in [1.82, 2.24) is 0 Å². The van der Waals surface area contributed by atoms with E-state index in [2.05, 4.69) is 36.6 Å². The van der Waals surface area contributed by atoms with E-state index in [1.54, 1.807) is 13.0 Å². The number of sulfonamides is 1. The number of benzene rings is 1. The molecule has 9 heteroatoms. The van der Waals surface area contributed by atoms with Crippen molar-refractivity contribution in [3.05, 3.63) is 43.7 Å². The zero-order chi connectivity index (χ0) is 15.8. The first-order valence-electron chi connectivity index (χ1n) is 5.51. The Morgan fingerprint density at radius 2 is 1.90 bits per heavy atom. The molecule has 0 fully saturated rings. The van der Waals surface area contributed by atoms with Gasteiger partial charge in [0.1, 0.15) is 4.21 Å². The number of hydrogen-bond donors (Lipinski definition) is 2. The van der Waals surface area contributed by atoms with Crippen LogP contribution in [0.25, 0.3) is 0 Å². The van der Waals surface area contributed by atoms with Crippen molar-refractivity contribution in [3.8, 4) is 0 Å². The fraction of sp³-hybridized carbons (Fsp3) is 0.0833. The third-order valence-electron chi connectivity index (χ3n) is 2.50. The van der Waals surface area contributed by atoms with Crippen molar-refractivity contribution in [2.24, 2.45) is 0 Å². The number of aryl methyl sites for hydroxylation is 1. The molecular weight excluding hydrogens is 446 g/mol. The summed E-state index contributed by atoms with van der Waals surface area (Å²) in [6.45, 7) is 1.79. The summed E-state index contributed by atoms with van der Waals surface area (Å²) < 4.78 is 28.3. The van der Waals surface area contributed by atoms with E-state index >= 15 is 0 Å². The van der Waals surface area contributed by atoms with Gasteiger partial charge in [-0.3, -0.25) is 4.72 Å². The van der Waals surface area contributed by atoms with Gasteiger partial charge in [-0.1, -0.05) is 15.9 Å². The third kappa shape index (κ3) is 3.85. The smallest absolute Gasteiger partial charge is 0.335 e. The molecule has 0 bridgehead atoms. The molecule has 0 aliphatic heterocycles. The van der Waals surface area contributed by atoms with Gasteiger partial charge in [0.25, 0.3) is 10.0 Å². The Morgan fingerprint density at radius 1 is 1.24 bits per heavy atom. The predicted molar refractivity (Wildman–Crippen MR) is 88.7 cm³/mol. The van der Waals surface area contributed by atoms with E-state index in [9.17, 15) is 13.2 Å². The first-order chi connectivity index (χ1) is 9.69. The number of thiophene rings is 1. The Morgan fingerprint density at radius 3 is 2.43 bits per heavy atom. The number of aromatic carboxylic acids is 1. The summed E-state index contributed by atoms with van der Waals surface area (Å²) in [6, 6.07) is 5.71. The molecule has 5 nitrogen and oxygen atoms in total. The van der Waals surface area contributed by atoms with E-state index in [0.717, 1.165) is 20.7 Å². The summed E-state index contributed by atoms with van der Waals surface area (Å²) in [6.07, 6.45) is 0. The number of anilines is 1. The molecular formula is C12H9Br2NO4S2. The highest BCUT2D eigenvalue weighted by Crippen LogP contribution is 2.32. The largest absolute Gasteiger partial charge is 0.478 e. The number of nitrogens with one attached hydrogen (secondary N) is 1. The highest BCUT2D eigenvalue weighted by Gasteiger charge is 2.19. The molecule has 1 aromatic carbocycles. The number of carboxylic acid groups (broad SMARTS) is 1. The molecule has 2 N–H and O–H groups in total. The van der Waals surface area contributed by atoms with Crippen LogP contribution in [-0.4, -0.2) is 19.5 Å². The quantitative estimate of drug-likeness (QED) is 0.728. The van der Waals surface area contributed by atoms with Crippen LogP contribution in [0.3, 0.4) is 0 Å². The monoisotopic (exact) mass is 453 g/mol. The maximum Gasteiger partial charge on any atom is 0.335 e. The van der Waals surface area contributed by atoms with Gasteiger partial charge in [0.2, 0.25) is 0 Å². The lowest BCUT2D eigenvalue weighted by molar-refractivity contribution is 0.0697. The average Bonchev–Trinajstić information content (AvgIpc) is 2.69. The van der Waals surface area contributed by atoms with Gasteiger partial charge in [0.15, 0.2) is 0 Å². The summed E-state index contributed by atoms with van der Waals surface area (Å²) in [5.41, 5.74) is 0.996. The lowest BCUT2D eigenvalue weighted by atomic mass is 10.2. The van der Waals surface area contributed by atoms with Crippen LogP contribution >= 0.6 is 43.2 Å². The van der Waals surface area contributed by atoms with Crippen molar-refractivity contribution in [3.63, 3.8) is 0 Å². The Balaban J connectivity index is 2.39. The number of hydrogen-bond acceptors (Lipinski definition) is 4. The van der Waals surface area contributed by atoms with Crippen LogP contribution in [0, 0.1) is 6.92 Å². The number of carbonyl (C=O) groups is 1. The minimum absolute atomic E-state index is 0.00869. The van der Waals surface area contributed by atoms with E-state index in [1.165, 1.54) is 18.2 Å². The van der Waals surface area contributed by atoms with E-state index in [0.29, 0.717) is 4.47 Å². The van der Waals surface area contributed by atoms with E-state index < -0.39 is 16.0 Å². The van der Waals surface area contributed by atoms with Crippen molar-refractivity contribution >= 4 is 64.9 Å².